The van der Waals surface area contributed by atoms with Crippen LogP contribution in [0.2, 0.25) is 5.02 Å². The Morgan fingerprint density at radius 2 is 2.12 bits per heavy atom. The summed E-state index contributed by atoms with van der Waals surface area (Å²) in [5.74, 6) is -1.33. The van der Waals surface area contributed by atoms with Gasteiger partial charge in [0.25, 0.3) is 5.91 Å². The quantitative estimate of drug-likeness (QED) is 0.832. The van der Waals surface area contributed by atoms with Crippen LogP contribution in [0.3, 0.4) is 0 Å². The summed E-state index contributed by atoms with van der Waals surface area (Å²) in [7, 11) is 0. The Morgan fingerprint density at radius 3 is 2.59 bits per heavy atom. The zero-order valence-electron chi connectivity index (χ0n) is 9.38. The van der Waals surface area contributed by atoms with E-state index in [0.29, 0.717) is 0 Å². The van der Waals surface area contributed by atoms with Crippen molar-refractivity contribution in [3.63, 3.8) is 0 Å². The van der Waals surface area contributed by atoms with Crippen molar-refractivity contribution >= 4 is 34.7 Å². The third-order valence-electron chi connectivity index (χ3n) is 2.23. The van der Waals surface area contributed by atoms with Crippen molar-refractivity contribution < 1.29 is 9.18 Å². The van der Waals surface area contributed by atoms with Gasteiger partial charge in [-0.05, 0) is 26.0 Å². The van der Waals surface area contributed by atoms with Crippen LogP contribution in [0.15, 0.2) is 18.2 Å². The molecule has 92 valence electrons. The van der Waals surface area contributed by atoms with Crippen LogP contribution in [0.25, 0.3) is 0 Å². The highest BCUT2D eigenvalue weighted by molar-refractivity contribution is 7.80. The molecule has 0 spiro atoms. The Kier molecular flexibility index (Phi) is 4.06. The second kappa shape index (κ2) is 4.98. The van der Waals surface area contributed by atoms with Gasteiger partial charge in [-0.25, -0.2) is 4.39 Å². The molecular weight excluding hydrogens is 263 g/mol. The smallest absolute Gasteiger partial charge is 0.256 e. The molecule has 3 nitrogen and oxygen atoms in total. The molecular formula is C11H12ClFN2OS. The van der Waals surface area contributed by atoms with Crippen LogP contribution in [0.4, 0.5) is 4.39 Å². The zero-order chi connectivity index (χ0) is 13.2. The van der Waals surface area contributed by atoms with E-state index >= 15 is 0 Å². The highest BCUT2D eigenvalue weighted by Gasteiger charge is 2.26. The fourth-order valence-corrected chi connectivity index (χ4v) is 1.42. The minimum atomic E-state index is -0.905. The van der Waals surface area contributed by atoms with Gasteiger partial charge in [0, 0.05) is 0 Å². The monoisotopic (exact) mass is 274 g/mol. The van der Waals surface area contributed by atoms with Crippen LogP contribution >= 0.6 is 23.8 Å². The van der Waals surface area contributed by atoms with E-state index in [1.54, 1.807) is 13.8 Å². The minimum absolute atomic E-state index is 0.0428. The van der Waals surface area contributed by atoms with E-state index in [4.69, 9.17) is 29.6 Å². The second-order valence-corrected chi connectivity index (χ2v) is 4.89. The number of hydrogen-bond donors (Lipinski definition) is 2. The second-order valence-electron chi connectivity index (χ2n) is 4.04. The molecule has 6 heteroatoms. The lowest BCUT2D eigenvalue weighted by Gasteiger charge is -2.25. The third-order valence-corrected chi connectivity index (χ3v) is 3.06. The Bertz CT molecular complexity index is 456. The van der Waals surface area contributed by atoms with E-state index < -0.39 is 17.3 Å². The number of hydrogen-bond acceptors (Lipinski definition) is 2. The lowest BCUT2D eigenvalue weighted by Crippen LogP contribution is -2.52. The molecule has 17 heavy (non-hydrogen) atoms. The Morgan fingerprint density at radius 1 is 1.53 bits per heavy atom. The van der Waals surface area contributed by atoms with Gasteiger partial charge in [-0.1, -0.05) is 29.9 Å². The first-order valence-corrected chi connectivity index (χ1v) is 5.61. The van der Waals surface area contributed by atoms with Gasteiger partial charge in [0.1, 0.15) is 5.82 Å². The first-order chi connectivity index (χ1) is 7.75. The molecule has 0 aliphatic carbocycles. The summed E-state index contributed by atoms with van der Waals surface area (Å²) in [6, 6.07) is 4.02. The zero-order valence-corrected chi connectivity index (χ0v) is 11.0. The lowest BCUT2D eigenvalue weighted by molar-refractivity contribution is 0.0928. The van der Waals surface area contributed by atoms with E-state index in [1.807, 2.05) is 0 Å². The Labute approximate surface area is 109 Å². The van der Waals surface area contributed by atoms with Crippen molar-refractivity contribution in [3.05, 3.63) is 34.6 Å². The first-order valence-electron chi connectivity index (χ1n) is 4.82. The number of nitrogens with one attached hydrogen (secondary N) is 1. The molecule has 0 saturated heterocycles. The van der Waals surface area contributed by atoms with Crippen molar-refractivity contribution in [2.24, 2.45) is 5.73 Å². The summed E-state index contributed by atoms with van der Waals surface area (Å²) >= 11 is 10.6. The fraction of sp³-hybridized carbons (Fsp3) is 0.273. The lowest BCUT2D eigenvalue weighted by atomic mass is 10.0. The highest BCUT2D eigenvalue weighted by atomic mass is 35.5. The van der Waals surface area contributed by atoms with Gasteiger partial charge in [-0.3, -0.25) is 4.79 Å². The summed E-state index contributed by atoms with van der Waals surface area (Å²) in [5.41, 5.74) is 4.35. The molecule has 0 bridgehead atoms. The fourth-order valence-electron chi connectivity index (χ4n) is 1.12. The molecule has 0 aromatic heterocycles. The Hall–Kier alpha value is -1.20. The first kappa shape index (κ1) is 13.9. The standard InChI is InChI=1S/C11H12ClFN2OS/c1-11(2,10(14)17)15-9(16)8-6(12)4-3-5-7(8)13/h3-5H,1-2H3,(H2,14,17)(H,15,16). The van der Waals surface area contributed by atoms with Crippen LogP contribution in [0.5, 0.6) is 0 Å². The number of carbonyl (C=O) groups is 1. The van der Waals surface area contributed by atoms with Crippen molar-refractivity contribution in [1.82, 2.24) is 5.32 Å². The molecule has 0 saturated carbocycles. The van der Waals surface area contributed by atoms with Gasteiger partial charge in [-0.2, -0.15) is 0 Å². The average Bonchev–Trinajstić information content (AvgIpc) is 2.15. The maximum absolute atomic E-state index is 13.5. The van der Waals surface area contributed by atoms with Crippen LogP contribution in [-0.4, -0.2) is 16.4 Å². The number of rotatable bonds is 3. The van der Waals surface area contributed by atoms with E-state index in [0.717, 1.165) is 6.07 Å². The average molecular weight is 275 g/mol. The van der Waals surface area contributed by atoms with Crippen molar-refractivity contribution in [2.75, 3.05) is 0 Å². The van der Waals surface area contributed by atoms with E-state index in [2.05, 4.69) is 5.32 Å². The van der Waals surface area contributed by atoms with Gasteiger partial charge in [-0.15, -0.1) is 0 Å². The van der Waals surface area contributed by atoms with Crippen LogP contribution in [0.1, 0.15) is 24.2 Å². The van der Waals surface area contributed by atoms with Crippen molar-refractivity contribution in [2.45, 2.75) is 19.4 Å². The normalized spacial score (nSPS) is 11.1. The number of carbonyl (C=O) groups excluding carboxylic acids is 1. The molecule has 0 fully saturated rings. The van der Waals surface area contributed by atoms with Gasteiger partial charge in [0.2, 0.25) is 0 Å². The summed E-state index contributed by atoms with van der Waals surface area (Å²) in [4.78, 5) is 12.0. The largest absolute Gasteiger partial charge is 0.391 e. The predicted molar refractivity (Wildman–Crippen MR) is 69.7 cm³/mol. The summed E-state index contributed by atoms with van der Waals surface area (Å²) in [6.45, 7) is 3.25. The maximum Gasteiger partial charge on any atom is 0.256 e. The van der Waals surface area contributed by atoms with E-state index in [-0.39, 0.29) is 15.6 Å². The highest BCUT2D eigenvalue weighted by Crippen LogP contribution is 2.19. The molecule has 1 amide bonds. The molecule has 0 radical (unpaired) electrons. The van der Waals surface area contributed by atoms with Gasteiger partial charge >= 0.3 is 0 Å². The third kappa shape index (κ3) is 3.14. The Balaban J connectivity index is 3.03. The predicted octanol–water partition coefficient (Wildman–Crippen LogP) is 2.27. The SMILES string of the molecule is CC(C)(NC(=O)c1c(F)cccc1Cl)C(N)=S. The molecule has 3 N–H and O–H groups in total. The summed E-state index contributed by atoms with van der Waals surface area (Å²) in [5, 5.41) is 2.57. The summed E-state index contributed by atoms with van der Waals surface area (Å²) < 4.78 is 13.5. The molecule has 0 unspecified atom stereocenters. The molecule has 0 heterocycles. The number of benzene rings is 1. The van der Waals surface area contributed by atoms with Crippen molar-refractivity contribution in [3.8, 4) is 0 Å². The van der Waals surface area contributed by atoms with Crippen LogP contribution in [0, 0.1) is 5.82 Å². The maximum atomic E-state index is 13.5. The summed E-state index contributed by atoms with van der Waals surface area (Å²) in [6.07, 6.45) is 0. The van der Waals surface area contributed by atoms with Gasteiger partial charge < -0.3 is 11.1 Å². The number of amides is 1. The number of nitrogens with two attached hydrogens (primary N) is 1. The van der Waals surface area contributed by atoms with E-state index in [1.165, 1.54) is 12.1 Å². The molecule has 0 aliphatic heterocycles. The molecule has 1 aromatic rings. The molecule has 1 rings (SSSR count). The van der Waals surface area contributed by atoms with Gasteiger partial charge in [0.05, 0.1) is 21.1 Å². The van der Waals surface area contributed by atoms with Gasteiger partial charge in [0.15, 0.2) is 0 Å². The molecule has 1 aromatic carbocycles. The number of thiocarbonyl (C=S) groups is 1. The van der Waals surface area contributed by atoms with Crippen LogP contribution in [-0.2, 0) is 0 Å². The topological polar surface area (TPSA) is 55.1 Å². The molecule has 0 atom stereocenters. The van der Waals surface area contributed by atoms with Crippen molar-refractivity contribution in [1.29, 1.82) is 0 Å². The van der Waals surface area contributed by atoms with E-state index in [9.17, 15) is 9.18 Å². The minimum Gasteiger partial charge on any atom is -0.391 e. The van der Waals surface area contributed by atoms with Crippen LogP contribution < -0.4 is 11.1 Å². The molecule has 0 aliphatic rings. The number of halogens is 2.